The number of hydrogen-bond donors (Lipinski definition) is 1. The number of anilines is 2. The Bertz CT molecular complexity index is 1740. The van der Waals surface area contributed by atoms with Gasteiger partial charge in [-0.25, -0.2) is 18.4 Å². The minimum Gasteiger partial charge on any atom is -0.487 e. The second-order valence-corrected chi connectivity index (χ2v) is 12.4. The Morgan fingerprint density at radius 3 is 2.58 bits per heavy atom. The van der Waals surface area contributed by atoms with Crippen LogP contribution in [0.1, 0.15) is 11.3 Å². The van der Waals surface area contributed by atoms with Crippen molar-refractivity contribution < 1.29 is 17.6 Å². The molecule has 10 heteroatoms. The lowest BCUT2D eigenvalue weighted by molar-refractivity contribution is 0.263. The molecular formula is C30H27ClN4O4S. The number of rotatable bonds is 8. The Hall–Kier alpha value is -3.92. The zero-order chi connectivity index (χ0) is 27.5. The summed E-state index contributed by atoms with van der Waals surface area (Å²) in [7, 11) is -2.91. The summed E-state index contributed by atoms with van der Waals surface area (Å²) in [5.41, 5.74) is 3.51. The van der Waals surface area contributed by atoms with Crippen molar-refractivity contribution in [2.45, 2.75) is 13.2 Å². The van der Waals surface area contributed by atoms with E-state index >= 15 is 0 Å². The summed E-state index contributed by atoms with van der Waals surface area (Å²) in [6, 6.07) is 25.2. The van der Waals surface area contributed by atoms with Crippen molar-refractivity contribution in [1.82, 2.24) is 14.9 Å². The number of fused-ring (bicyclic) bond motifs is 1. The molecule has 0 saturated carbocycles. The molecule has 5 aromatic rings. The average Bonchev–Trinajstić information content (AvgIpc) is 3.43. The minimum absolute atomic E-state index is 0.190. The van der Waals surface area contributed by atoms with Crippen LogP contribution in [0.15, 0.2) is 89.6 Å². The minimum atomic E-state index is -2.91. The number of furan rings is 1. The molecule has 0 atom stereocenters. The van der Waals surface area contributed by atoms with Gasteiger partial charge in [0.05, 0.1) is 28.6 Å². The zero-order valence-electron chi connectivity index (χ0n) is 21.6. The molecular weight excluding hydrogens is 548 g/mol. The third kappa shape index (κ3) is 6.12. The van der Waals surface area contributed by atoms with Crippen LogP contribution in [0.4, 0.5) is 11.5 Å². The zero-order valence-corrected chi connectivity index (χ0v) is 23.2. The molecule has 2 aromatic heterocycles. The van der Waals surface area contributed by atoms with Gasteiger partial charge in [0.15, 0.2) is 9.84 Å². The van der Waals surface area contributed by atoms with E-state index < -0.39 is 9.84 Å². The Kier molecular flexibility index (Phi) is 7.42. The Balaban J connectivity index is 1.18. The van der Waals surface area contributed by atoms with E-state index in [1.54, 1.807) is 0 Å². The number of halogens is 1. The maximum absolute atomic E-state index is 11.7. The lowest BCUT2D eigenvalue weighted by Crippen LogP contribution is -2.39. The van der Waals surface area contributed by atoms with Crippen molar-refractivity contribution in [3.63, 3.8) is 0 Å². The molecule has 3 heterocycles. The van der Waals surface area contributed by atoms with Gasteiger partial charge in [0.25, 0.3) is 0 Å². The highest BCUT2D eigenvalue weighted by Gasteiger charge is 2.22. The molecule has 0 spiro atoms. The van der Waals surface area contributed by atoms with Crippen LogP contribution in [-0.4, -0.2) is 47.9 Å². The van der Waals surface area contributed by atoms with Crippen LogP contribution in [0.25, 0.3) is 22.2 Å². The summed E-state index contributed by atoms with van der Waals surface area (Å²) >= 11 is 6.53. The Morgan fingerprint density at radius 1 is 0.950 bits per heavy atom. The van der Waals surface area contributed by atoms with Crippen molar-refractivity contribution in [3.8, 4) is 17.1 Å². The van der Waals surface area contributed by atoms with Gasteiger partial charge >= 0.3 is 0 Å². The van der Waals surface area contributed by atoms with E-state index in [0.29, 0.717) is 42.8 Å². The molecule has 1 aliphatic heterocycles. The number of ether oxygens (including phenoxy) is 1. The first-order valence-electron chi connectivity index (χ1n) is 12.9. The largest absolute Gasteiger partial charge is 0.487 e. The number of aromatic nitrogens is 2. The molecule has 1 fully saturated rings. The van der Waals surface area contributed by atoms with Crippen molar-refractivity contribution in [3.05, 3.63) is 102 Å². The fourth-order valence-electron chi connectivity index (χ4n) is 4.62. The van der Waals surface area contributed by atoms with Gasteiger partial charge < -0.3 is 14.5 Å². The summed E-state index contributed by atoms with van der Waals surface area (Å²) in [4.78, 5) is 11.0. The second-order valence-electron chi connectivity index (χ2n) is 9.69. The predicted octanol–water partition coefficient (Wildman–Crippen LogP) is 6.10. The first kappa shape index (κ1) is 26.3. The smallest absolute Gasteiger partial charge is 0.152 e. The fraction of sp³-hybridized carbons (Fsp3) is 0.200. The fourth-order valence-corrected chi connectivity index (χ4v) is 6.14. The number of benzene rings is 3. The van der Waals surface area contributed by atoms with Crippen molar-refractivity contribution >= 4 is 43.8 Å². The molecule has 40 heavy (non-hydrogen) atoms. The summed E-state index contributed by atoms with van der Waals surface area (Å²) in [6.07, 6.45) is 1.52. The first-order valence-corrected chi connectivity index (χ1v) is 15.1. The van der Waals surface area contributed by atoms with Crippen LogP contribution in [0, 0.1) is 0 Å². The predicted molar refractivity (Wildman–Crippen MR) is 157 cm³/mol. The second kappa shape index (κ2) is 11.3. The molecule has 6 rings (SSSR count). The molecule has 0 unspecified atom stereocenters. The number of nitrogens with zero attached hydrogens (tertiary/aromatic N) is 3. The van der Waals surface area contributed by atoms with Crippen molar-refractivity contribution in [2.75, 3.05) is 29.9 Å². The SMILES string of the molecule is O=S1(=O)CCN(Cc2ccc(-c3ccc4ncnc(Nc5ccc(OCc6ccccc6)c(Cl)c5)c4c3)o2)CC1. The molecule has 0 amide bonds. The summed E-state index contributed by atoms with van der Waals surface area (Å²) in [5, 5.41) is 4.68. The highest BCUT2D eigenvalue weighted by atomic mass is 35.5. The van der Waals surface area contributed by atoms with E-state index in [2.05, 4.69) is 20.2 Å². The molecule has 204 valence electrons. The lowest BCUT2D eigenvalue weighted by Gasteiger charge is -2.25. The first-order chi connectivity index (χ1) is 19.4. The van der Waals surface area contributed by atoms with E-state index in [1.807, 2.05) is 78.9 Å². The van der Waals surface area contributed by atoms with E-state index in [9.17, 15) is 8.42 Å². The van der Waals surface area contributed by atoms with E-state index in [0.717, 1.165) is 39.2 Å². The third-order valence-corrected chi connectivity index (χ3v) is 8.73. The van der Waals surface area contributed by atoms with Crippen LogP contribution in [0.3, 0.4) is 0 Å². The summed E-state index contributed by atoms with van der Waals surface area (Å²) in [5.74, 6) is 3.14. The highest BCUT2D eigenvalue weighted by Crippen LogP contribution is 2.33. The standard InChI is InChI=1S/C30H27ClN4O4S/c31-26-17-23(7-10-29(26)38-19-21-4-2-1-3-5-21)34-30-25-16-22(6-9-27(25)32-20-33-30)28-11-8-24(39-28)18-35-12-14-40(36,37)15-13-35/h1-11,16-17,20H,12-15,18-19H2,(H,32,33,34). The molecule has 3 aromatic carbocycles. The van der Waals surface area contributed by atoms with Crippen LogP contribution >= 0.6 is 11.6 Å². The van der Waals surface area contributed by atoms with Gasteiger partial charge in [0, 0.05) is 29.7 Å². The van der Waals surface area contributed by atoms with Gasteiger partial charge in [-0.05, 0) is 54.1 Å². The van der Waals surface area contributed by atoms with Crippen LogP contribution in [0.5, 0.6) is 5.75 Å². The van der Waals surface area contributed by atoms with Crippen LogP contribution in [0.2, 0.25) is 5.02 Å². The number of nitrogens with one attached hydrogen (secondary N) is 1. The van der Waals surface area contributed by atoms with Gasteiger partial charge in [-0.2, -0.15) is 0 Å². The summed E-state index contributed by atoms with van der Waals surface area (Å²) < 4.78 is 35.5. The normalized spacial score (nSPS) is 15.2. The lowest BCUT2D eigenvalue weighted by atomic mass is 10.1. The van der Waals surface area contributed by atoms with Gasteiger partial charge in [-0.15, -0.1) is 0 Å². The monoisotopic (exact) mass is 574 g/mol. The number of sulfone groups is 1. The average molecular weight is 575 g/mol. The van der Waals surface area contributed by atoms with Gasteiger partial charge in [0.1, 0.15) is 36.0 Å². The van der Waals surface area contributed by atoms with Crippen molar-refractivity contribution in [2.24, 2.45) is 0 Å². The van der Waals surface area contributed by atoms with Gasteiger partial charge in [0.2, 0.25) is 0 Å². The molecule has 8 nitrogen and oxygen atoms in total. The van der Waals surface area contributed by atoms with Gasteiger partial charge in [-0.3, -0.25) is 4.90 Å². The summed E-state index contributed by atoms with van der Waals surface area (Å²) in [6.45, 7) is 2.04. The molecule has 1 saturated heterocycles. The maximum Gasteiger partial charge on any atom is 0.152 e. The Morgan fingerprint density at radius 2 is 1.77 bits per heavy atom. The van der Waals surface area contributed by atoms with Gasteiger partial charge in [-0.1, -0.05) is 41.9 Å². The molecule has 1 N–H and O–H groups in total. The topological polar surface area (TPSA) is 97.6 Å². The Labute approximate surface area is 237 Å². The van der Waals surface area contributed by atoms with Crippen LogP contribution in [-0.2, 0) is 23.0 Å². The highest BCUT2D eigenvalue weighted by molar-refractivity contribution is 7.91. The molecule has 0 radical (unpaired) electrons. The third-order valence-electron chi connectivity index (χ3n) is 6.83. The van der Waals surface area contributed by atoms with Crippen LogP contribution < -0.4 is 10.1 Å². The quantitative estimate of drug-likeness (QED) is 0.237. The molecule has 0 bridgehead atoms. The van der Waals surface area contributed by atoms with E-state index in [-0.39, 0.29) is 11.5 Å². The molecule has 0 aliphatic carbocycles. The molecule has 1 aliphatic rings. The number of hydrogen-bond acceptors (Lipinski definition) is 8. The van der Waals surface area contributed by atoms with E-state index in [4.69, 9.17) is 20.8 Å². The maximum atomic E-state index is 11.7. The van der Waals surface area contributed by atoms with Crippen molar-refractivity contribution in [1.29, 1.82) is 0 Å². The van der Waals surface area contributed by atoms with E-state index in [1.165, 1.54) is 6.33 Å².